The molecular formula is C18H15F3N2. The summed E-state index contributed by atoms with van der Waals surface area (Å²) in [6, 6.07) is 18.5. The fraction of sp³-hybridized carbons (Fsp3) is 0.111. The van der Waals surface area contributed by atoms with E-state index < -0.39 is 17.9 Å². The number of hydrogen-bond donors (Lipinski definition) is 2. The summed E-state index contributed by atoms with van der Waals surface area (Å²) in [5.74, 6) is 0. The molecule has 0 saturated heterocycles. The molecule has 0 aliphatic heterocycles. The van der Waals surface area contributed by atoms with Gasteiger partial charge < -0.3 is 11.1 Å². The fourth-order valence-electron chi connectivity index (χ4n) is 2.56. The summed E-state index contributed by atoms with van der Waals surface area (Å²) in [5, 5.41) is 4.95. The van der Waals surface area contributed by atoms with Crippen molar-refractivity contribution < 1.29 is 13.2 Å². The lowest BCUT2D eigenvalue weighted by atomic mass is 10.0. The number of anilines is 1. The van der Waals surface area contributed by atoms with Crippen molar-refractivity contribution in [1.29, 1.82) is 0 Å². The minimum Gasteiger partial charge on any atom is -0.366 e. The van der Waals surface area contributed by atoms with Crippen LogP contribution in [0.25, 0.3) is 10.8 Å². The Labute approximate surface area is 131 Å². The van der Waals surface area contributed by atoms with Gasteiger partial charge in [0, 0.05) is 5.69 Å². The molecule has 3 rings (SSSR count). The Morgan fingerprint density at radius 1 is 0.870 bits per heavy atom. The highest BCUT2D eigenvalue weighted by molar-refractivity contribution is 5.86. The van der Waals surface area contributed by atoms with Crippen molar-refractivity contribution in [2.24, 2.45) is 5.73 Å². The van der Waals surface area contributed by atoms with E-state index in [0.29, 0.717) is 5.69 Å². The van der Waals surface area contributed by atoms with Gasteiger partial charge in [-0.2, -0.15) is 13.2 Å². The Hall–Kier alpha value is -2.53. The molecule has 23 heavy (non-hydrogen) atoms. The van der Waals surface area contributed by atoms with Crippen LogP contribution < -0.4 is 11.1 Å². The number of benzene rings is 3. The summed E-state index contributed by atoms with van der Waals surface area (Å²) >= 11 is 0. The van der Waals surface area contributed by atoms with Crippen LogP contribution in [-0.2, 0) is 6.18 Å². The Morgan fingerprint density at radius 3 is 2.35 bits per heavy atom. The van der Waals surface area contributed by atoms with E-state index in [1.54, 1.807) is 6.07 Å². The molecule has 2 nitrogen and oxygen atoms in total. The third-order valence-corrected chi connectivity index (χ3v) is 3.67. The van der Waals surface area contributed by atoms with Crippen LogP contribution in [0.4, 0.5) is 18.9 Å². The maximum absolute atomic E-state index is 12.8. The second-order valence-electron chi connectivity index (χ2n) is 5.27. The highest BCUT2D eigenvalue weighted by Crippen LogP contribution is 2.31. The number of halogens is 3. The van der Waals surface area contributed by atoms with Crippen molar-refractivity contribution in [2.75, 3.05) is 5.32 Å². The van der Waals surface area contributed by atoms with Gasteiger partial charge in [-0.25, -0.2) is 0 Å². The van der Waals surface area contributed by atoms with Gasteiger partial charge in [0.1, 0.15) is 6.17 Å². The number of nitrogens with one attached hydrogen (secondary N) is 1. The molecule has 0 heterocycles. The molecule has 3 aromatic rings. The average molecular weight is 316 g/mol. The van der Waals surface area contributed by atoms with E-state index in [1.807, 2.05) is 42.5 Å². The van der Waals surface area contributed by atoms with E-state index in [4.69, 9.17) is 5.73 Å². The number of fused-ring (bicyclic) bond motifs is 1. The van der Waals surface area contributed by atoms with Crippen LogP contribution in [0.1, 0.15) is 17.3 Å². The summed E-state index contributed by atoms with van der Waals surface area (Å²) < 4.78 is 38.3. The van der Waals surface area contributed by atoms with Crippen LogP contribution in [0.3, 0.4) is 0 Å². The van der Waals surface area contributed by atoms with Gasteiger partial charge in [-0.3, -0.25) is 0 Å². The molecule has 0 bridgehead atoms. The standard InChI is InChI=1S/C18H15F3N2/c19-18(20,21)13-7-4-8-14(11-13)23-17(22)16-10-3-6-12-5-1-2-9-15(12)16/h1-11,17,23H,22H2. The van der Waals surface area contributed by atoms with Crippen molar-refractivity contribution >= 4 is 16.5 Å². The third kappa shape index (κ3) is 3.29. The molecule has 1 unspecified atom stereocenters. The minimum absolute atomic E-state index is 0.334. The Bertz CT molecular complexity index is 822. The van der Waals surface area contributed by atoms with Gasteiger partial charge >= 0.3 is 6.18 Å². The van der Waals surface area contributed by atoms with Crippen molar-refractivity contribution in [3.63, 3.8) is 0 Å². The van der Waals surface area contributed by atoms with Crippen LogP contribution in [0.2, 0.25) is 0 Å². The molecule has 3 aromatic carbocycles. The summed E-state index contributed by atoms with van der Waals surface area (Å²) in [6.45, 7) is 0. The Balaban J connectivity index is 1.91. The van der Waals surface area contributed by atoms with E-state index in [0.717, 1.165) is 28.5 Å². The molecule has 0 amide bonds. The van der Waals surface area contributed by atoms with E-state index in [9.17, 15) is 13.2 Å². The van der Waals surface area contributed by atoms with Crippen LogP contribution >= 0.6 is 0 Å². The summed E-state index contributed by atoms with van der Waals surface area (Å²) in [4.78, 5) is 0. The van der Waals surface area contributed by atoms with Crippen LogP contribution in [-0.4, -0.2) is 0 Å². The summed E-state index contributed by atoms with van der Waals surface area (Å²) in [7, 11) is 0. The maximum Gasteiger partial charge on any atom is 0.416 e. The maximum atomic E-state index is 12.8. The first-order valence-electron chi connectivity index (χ1n) is 7.12. The molecular weight excluding hydrogens is 301 g/mol. The molecule has 0 aliphatic rings. The smallest absolute Gasteiger partial charge is 0.366 e. The average Bonchev–Trinajstić information content (AvgIpc) is 2.53. The van der Waals surface area contributed by atoms with Crippen molar-refractivity contribution in [2.45, 2.75) is 12.3 Å². The van der Waals surface area contributed by atoms with Crippen LogP contribution in [0.15, 0.2) is 66.7 Å². The lowest BCUT2D eigenvalue weighted by Gasteiger charge is -2.18. The second kappa shape index (κ2) is 5.93. The number of rotatable bonds is 3. The third-order valence-electron chi connectivity index (χ3n) is 3.67. The molecule has 5 heteroatoms. The number of hydrogen-bond acceptors (Lipinski definition) is 2. The Morgan fingerprint density at radius 2 is 1.57 bits per heavy atom. The van der Waals surface area contributed by atoms with Crippen molar-refractivity contribution in [1.82, 2.24) is 0 Å². The molecule has 0 saturated carbocycles. The monoisotopic (exact) mass is 316 g/mol. The van der Waals surface area contributed by atoms with E-state index >= 15 is 0 Å². The second-order valence-corrected chi connectivity index (χ2v) is 5.27. The molecule has 1 atom stereocenters. The van der Waals surface area contributed by atoms with Crippen molar-refractivity contribution in [3.8, 4) is 0 Å². The zero-order chi connectivity index (χ0) is 16.4. The largest absolute Gasteiger partial charge is 0.416 e. The van der Waals surface area contributed by atoms with Gasteiger partial charge in [-0.05, 0) is 34.5 Å². The van der Waals surface area contributed by atoms with Gasteiger partial charge in [-0.1, -0.05) is 48.5 Å². The number of nitrogens with two attached hydrogens (primary N) is 1. The van der Waals surface area contributed by atoms with Gasteiger partial charge in [0.15, 0.2) is 0 Å². The predicted molar refractivity (Wildman–Crippen MR) is 85.9 cm³/mol. The predicted octanol–water partition coefficient (Wildman–Crippen LogP) is 4.93. The van der Waals surface area contributed by atoms with Gasteiger partial charge in [0.05, 0.1) is 5.56 Å². The van der Waals surface area contributed by atoms with E-state index in [1.165, 1.54) is 6.07 Å². The van der Waals surface area contributed by atoms with Gasteiger partial charge in [0.25, 0.3) is 0 Å². The zero-order valence-corrected chi connectivity index (χ0v) is 12.1. The Kier molecular flexibility index (Phi) is 3.96. The lowest BCUT2D eigenvalue weighted by Crippen LogP contribution is -2.20. The fourth-order valence-corrected chi connectivity index (χ4v) is 2.56. The zero-order valence-electron chi connectivity index (χ0n) is 12.1. The molecule has 0 spiro atoms. The van der Waals surface area contributed by atoms with Gasteiger partial charge in [-0.15, -0.1) is 0 Å². The molecule has 118 valence electrons. The summed E-state index contributed by atoms with van der Waals surface area (Å²) in [5.41, 5.74) is 6.63. The first-order chi connectivity index (χ1) is 10.9. The highest BCUT2D eigenvalue weighted by Gasteiger charge is 2.30. The first-order valence-corrected chi connectivity index (χ1v) is 7.12. The molecule has 0 radical (unpaired) electrons. The first kappa shape index (κ1) is 15.4. The normalized spacial score (nSPS) is 13.0. The lowest BCUT2D eigenvalue weighted by molar-refractivity contribution is -0.137. The van der Waals surface area contributed by atoms with Crippen LogP contribution in [0, 0.1) is 0 Å². The highest BCUT2D eigenvalue weighted by atomic mass is 19.4. The molecule has 3 N–H and O–H groups in total. The van der Waals surface area contributed by atoms with Gasteiger partial charge in [0.2, 0.25) is 0 Å². The number of alkyl halides is 3. The molecule has 0 aliphatic carbocycles. The topological polar surface area (TPSA) is 38.0 Å². The minimum atomic E-state index is -4.37. The van der Waals surface area contributed by atoms with Crippen molar-refractivity contribution in [3.05, 3.63) is 77.9 Å². The molecule has 0 fully saturated rings. The molecule has 0 aromatic heterocycles. The van der Waals surface area contributed by atoms with E-state index in [-0.39, 0.29) is 0 Å². The SMILES string of the molecule is NC(Nc1cccc(C(F)(F)F)c1)c1cccc2ccccc12. The van der Waals surface area contributed by atoms with E-state index in [2.05, 4.69) is 5.32 Å². The summed E-state index contributed by atoms with van der Waals surface area (Å²) in [6.07, 6.45) is -4.98. The quantitative estimate of drug-likeness (QED) is 0.673. The van der Waals surface area contributed by atoms with Crippen LogP contribution in [0.5, 0.6) is 0 Å².